The summed E-state index contributed by atoms with van der Waals surface area (Å²) in [4.78, 5) is 10.0. The second-order valence-corrected chi connectivity index (χ2v) is 3.91. The first-order valence-electron chi connectivity index (χ1n) is 5.08. The Balaban J connectivity index is 1.99. The standard InChI is InChI=1S/C11H13NO3/c1-8(9-2-3-9)15-11-6-4-10(5-7-11)12(13)14/h4-9H,2-3H2,1H3/t8-/m0/s1. The van der Waals surface area contributed by atoms with Gasteiger partial charge in [0.05, 0.1) is 11.0 Å². The fourth-order valence-electron chi connectivity index (χ4n) is 1.52. The van der Waals surface area contributed by atoms with Crippen molar-refractivity contribution in [2.45, 2.75) is 25.9 Å². The van der Waals surface area contributed by atoms with Crippen LogP contribution < -0.4 is 4.74 Å². The molecule has 0 amide bonds. The topological polar surface area (TPSA) is 52.4 Å². The molecule has 0 aromatic heterocycles. The van der Waals surface area contributed by atoms with Crippen molar-refractivity contribution < 1.29 is 9.66 Å². The molecule has 0 unspecified atom stereocenters. The lowest BCUT2D eigenvalue weighted by Gasteiger charge is -2.13. The van der Waals surface area contributed by atoms with Gasteiger partial charge in [-0.3, -0.25) is 10.1 Å². The largest absolute Gasteiger partial charge is 0.490 e. The van der Waals surface area contributed by atoms with Crippen molar-refractivity contribution in [3.63, 3.8) is 0 Å². The summed E-state index contributed by atoms with van der Waals surface area (Å²) in [7, 11) is 0. The Morgan fingerprint density at radius 1 is 1.40 bits per heavy atom. The fourth-order valence-corrected chi connectivity index (χ4v) is 1.52. The zero-order valence-corrected chi connectivity index (χ0v) is 8.55. The van der Waals surface area contributed by atoms with Crippen molar-refractivity contribution >= 4 is 5.69 Å². The van der Waals surface area contributed by atoms with E-state index in [9.17, 15) is 10.1 Å². The van der Waals surface area contributed by atoms with E-state index in [1.54, 1.807) is 12.1 Å². The predicted molar refractivity (Wildman–Crippen MR) is 55.9 cm³/mol. The molecule has 1 atom stereocenters. The third-order valence-electron chi connectivity index (χ3n) is 2.66. The van der Waals surface area contributed by atoms with E-state index >= 15 is 0 Å². The van der Waals surface area contributed by atoms with Crippen LogP contribution in [0.4, 0.5) is 5.69 Å². The first kappa shape index (κ1) is 9.96. The first-order chi connectivity index (χ1) is 7.16. The van der Waals surface area contributed by atoms with Crippen LogP contribution in [0.2, 0.25) is 0 Å². The highest BCUT2D eigenvalue weighted by atomic mass is 16.6. The van der Waals surface area contributed by atoms with Gasteiger partial charge in [0, 0.05) is 12.1 Å². The molecule has 4 heteroatoms. The molecule has 1 aliphatic carbocycles. The van der Waals surface area contributed by atoms with Gasteiger partial charge in [-0.2, -0.15) is 0 Å². The zero-order chi connectivity index (χ0) is 10.8. The highest BCUT2D eigenvalue weighted by Gasteiger charge is 2.29. The lowest BCUT2D eigenvalue weighted by molar-refractivity contribution is -0.384. The molecule has 0 heterocycles. The lowest BCUT2D eigenvalue weighted by Crippen LogP contribution is -2.13. The van der Waals surface area contributed by atoms with Crippen molar-refractivity contribution in [1.29, 1.82) is 0 Å². The number of benzene rings is 1. The fraction of sp³-hybridized carbons (Fsp3) is 0.455. The minimum Gasteiger partial charge on any atom is -0.490 e. The highest BCUT2D eigenvalue weighted by molar-refractivity contribution is 5.36. The molecule has 0 spiro atoms. The smallest absolute Gasteiger partial charge is 0.269 e. The quantitative estimate of drug-likeness (QED) is 0.563. The Hall–Kier alpha value is -1.58. The van der Waals surface area contributed by atoms with Crippen molar-refractivity contribution in [2.24, 2.45) is 5.92 Å². The van der Waals surface area contributed by atoms with Crippen LogP contribution >= 0.6 is 0 Å². The molecule has 1 aliphatic rings. The zero-order valence-electron chi connectivity index (χ0n) is 8.55. The van der Waals surface area contributed by atoms with Crippen molar-refractivity contribution in [3.05, 3.63) is 34.4 Å². The Kier molecular flexibility index (Phi) is 2.58. The monoisotopic (exact) mass is 207 g/mol. The van der Waals surface area contributed by atoms with E-state index < -0.39 is 4.92 Å². The molecule has 80 valence electrons. The van der Waals surface area contributed by atoms with Gasteiger partial charge < -0.3 is 4.74 Å². The van der Waals surface area contributed by atoms with Crippen molar-refractivity contribution in [3.8, 4) is 5.75 Å². The van der Waals surface area contributed by atoms with Gasteiger partial charge in [0.15, 0.2) is 0 Å². The molecule has 1 fully saturated rings. The van der Waals surface area contributed by atoms with Crippen LogP contribution in [0.5, 0.6) is 5.75 Å². The van der Waals surface area contributed by atoms with Gasteiger partial charge in [-0.05, 0) is 37.8 Å². The van der Waals surface area contributed by atoms with Gasteiger partial charge in [0.2, 0.25) is 0 Å². The lowest BCUT2D eigenvalue weighted by atomic mass is 10.2. The van der Waals surface area contributed by atoms with Crippen LogP contribution in [0.15, 0.2) is 24.3 Å². The van der Waals surface area contributed by atoms with Crippen LogP contribution in [-0.2, 0) is 0 Å². The van der Waals surface area contributed by atoms with E-state index in [-0.39, 0.29) is 11.8 Å². The van der Waals surface area contributed by atoms with E-state index in [0.29, 0.717) is 11.7 Å². The minimum absolute atomic E-state index is 0.0985. The van der Waals surface area contributed by atoms with Gasteiger partial charge in [0.25, 0.3) is 5.69 Å². The highest BCUT2D eigenvalue weighted by Crippen LogP contribution is 2.34. The number of nitrogens with zero attached hydrogens (tertiary/aromatic N) is 1. The van der Waals surface area contributed by atoms with Crippen LogP contribution in [0.3, 0.4) is 0 Å². The van der Waals surface area contributed by atoms with Gasteiger partial charge in [-0.25, -0.2) is 0 Å². The summed E-state index contributed by atoms with van der Waals surface area (Å²) >= 11 is 0. The average Bonchev–Trinajstić information content (AvgIpc) is 3.01. The Bertz CT molecular complexity index is 357. The normalized spacial score (nSPS) is 17.1. The maximum Gasteiger partial charge on any atom is 0.269 e. The summed E-state index contributed by atoms with van der Waals surface area (Å²) in [5.41, 5.74) is 0.0985. The summed E-state index contributed by atoms with van der Waals surface area (Å²) < 4.78 is 5.65. The van der Waals surface area contributed by atoms with E-state index in [1.807, 2.05) is 6.92 Å². The Labute approximate surface area is 88.0 Å². The van der Waals surface area contributed by atoms with Crippen LogP contribution in [-0.4, -0.2) is 11.0 Å². The second kappa shape index (κ2) is 3.88. The molecule has 1 aromatic rings. The number of hydrogen-bond donors (Lipinski definition) is 0. The summed E-state index contributed by atoms with van der Waals surface area (Å²) in [6.45, 7) is 2.04. The van der Waals surface area contributed by atoms with Crippen LogP contribution in [0, 0.1) is 16.0 Å². The van der Waals surface area contributed by atoms with Crippen molar-refractivity contribution in [2.75, 3.05) is 0 Å². The maximum atomic E-state index is 10.4. The van der Waals surface area contributed by atoms with E-state index in [4.69, 9.17) is 4.74 Å². The first-order valence-corrected chi connectivity index (χ1v) is 5.08. The summed E-state index contributed by atoms with van der Waals surface area (Å²) in [6.07, 6.45) is 2.67. The van der Waals surface area contributed by atoms with E-state index in [0.717, 1.165) is 0 Å². The van der Waals surface area contributed by atoms with Gasteiger partial charge >= 0.3 is 0 Å². The van der Waals surface area contributed by atoms with E-state index in [1.165, 1.54) is 25.0 Å². The average molecular weight is 207 g/mol. The molecule has 0 N–H and O–H groups in total. The summed E-state index contributed by atoms with van der Waals surface area (Å²) in [5.74, 6) is 1.38. The molecule has 0 radical (unpaired) electrons. The van der Waals surface area contributed by atoms with Gasteiger partial charge in [-0.15, -0.1) is 0 Å². The maximum absolute atomic E-state index is 10.4. The minimum atomic E-state index is -0.409. The molecule has 0 saturated heterocycles. The molecule has 0 aliphatic heterocycles. The second-order valence-electron chi connectivity index (χ2n) is 3.91. The number of nitro benzene ring substituents is 1. The van der Waals surface area contributed by atoms with Crippen LogP contribution in [0.1, 0.15) is 19.8 Å². The molecule has 1 saturated carbocycles. The summed E-state index contributed by atoms with van der Waals surface area (Å²) in [6, 6.07) is 6.23. The number of nitro groups is 1. The number of ether oxygens (including phenoxy) is 1. The number of non-ortho nitro benzene ring substituents is 1. The number of hydrogen-bond acceptors (Lipinski definition) is 3. The third kappa shape index (κ3) is 2.46. The molecular formula is C11H13NO3. The SMILES string of the molecule is C[C@H](Oc1ccc([N+](=O)[O-])cc1)C1CC1. The molecule has 15 heavy (non-hydrogen) atoms. The Morgan fingerprint density at radius 2 is 2.00 bits per heavy atom. The van der Waals surface area contributed by atoms with Gasteiger partial charge in [0.1, 0.15) is 5.75 Å². The van der Waals surface area contributed by atoms with Crippen LogP contribution in [0.25, 0.3) is 0 Å². The molecule has 4 nitrogen and oxygen atoms in total. The summed E-state index contributed by atoms with van der Waals surface area (Å²) in [5, 5.41) is 10.4. The predicted octanol–water partition coefficient (Wildman–Crippen LogP) is 2.77. The molecule has 1 aromatic carbocycles. The molecule has 2 rings (SSSR count). The molecular weight excluding hydrogens is 194 g/mol. The van der Waals surface area contributed by atoms with E-state index in [2.05, 4.69) is 0 Å². The number of rotatable bonds is 4. The third-order valence-corrected chi connectivity index (χ3v) is 2.66. The molecule has 0 bridgehead atoms. The van der Waals surface area contributed by atoms with Gasteiger partial charge in [-0.1, -0.05) is 0 Å². The van der Waals surface area contributed by atoms with Crippen molar-refractivity contribution in [1.82, 2.24) is 0 Å². The Morgan fingerprint density at radius 3 is 2.47 bits per heavy atom.